The molecule has 5 N–H and O–H groups in total. The van der Waals surface area contributed by atoms with Gasteiger partial charge in [0.05, 0.1) is 28.9 Å². The highest BCUT2D eigenvalue weighted by atomic mass is 16.6. The topological polar surface area (TPSA) is 144 Å². The van der Waals surface area contributed by atoms with Gasteiger partial charge in [0, 0.05) is 20.1 Å². The van der Waals surface area contributed by atoms with Crippen LogP contribution in [0.3, 0.4) is 0 Å². The van der Waals surface area contributed by atoms with Gasteiger partial charge in [0.1, 0.15) is 12.4 Å². The van der Waals surface area contributed by atoms with E-state index in [0.717, 1.165) is 30.7 Å². The number of amides is 1. The number of likely N-dealkylation sites (N-methyl/N-ethyl adjacent to an activating group) is 1. The van der Waals surface area contributed by atoms with Gasteiger partial charge in [-0.1, -0.05) is 19.8 Å². The van der Waals surface area contributed by atoms with E-state index in [2.05, 4.69) is 11.9 Å². The van der Waals surface area contributed by atoms with Crippen LogP contribution in [0.5, 0.6) is 5.75 Å². The number of pyridine rings is 1. The number of carboxylic acid groups (broad SMARTS) is 1. The van der Waals surface area contributed by atoms with E-state index in [1.165, 1.54) is 43.5 Å². The number of hydrazine groups is 1. The Labute approximate surface area is 214 Å². The van der Waals surface area contributed by atoms with Crippen molar-refractivity contribution in [2.45, 2.75) is 83.8 Å². The van der Waals surface area contributed by atoms with Gasteiger partial charge in [-0.3, -0.25) is 4.79 Å². The number of carbonyl (C=O) groups is 2. The molecule has 0 saturated heterocycles. The lowest BCUT2D eigenvalue weighted by Crippen LogP contribution is -2.44. The van der Waals surface area contributed by atoms with Crippen molar-refractivity contribution in [1.29, 1.82) is 0 Å². The molecular weight excluding hydrogens is 462 g/mol. The molecule has 202 valence electrons. The maximum atomic E-state index is 12.7. The molecule has 10 nitrogen and oxygen atoms in total. The third-order valence-corrected chi connectivity index (χ3v) is 7.13. The third kappa shape index (κ3) is 8.01. The zero-order valence-corrected chi connectivity index (χ0v) is 22.1. The predicted octanol–water partition coefficient (Wildman–Crippen LogP) is 3.88. The van der Waals surface area contributed by atoms with Gasteiger partial charge >= 0.3 is 6.09 Å². The lowest BCUT2D eigenvalue weighted by atomic mass is 9.78. The molecule has 0 spiro atoms. The zero-order chi connectivity index (χ0) is 26.7. The van der Waals surface area contributed by atoms with Crippen LogP contribution in [0.1, 0.15) is 76.1 Å². The van der Waals surface area contributed by atoms with Crippen LogP contribution in [0, 0.1) is 12.8 Å². The molecule has 3 rings (SSSR count). The van der Waals surface area contributed by atoms with Gasteiger partial charge in [0.15, 0.2) is 0 Å². The molecule has 1 unspecified atom stereocenters. The number of carbonyl (C=O) groups excluding carboxylic acids is 1. The summed E-state index contributed by atoms with van der Waals surface area (Å²) in [4.78, 5) is 27.4. The molecule has 0 radical (unpaired) electrons. The first-order valence-corrected chi connectivity index (χ1v) is 12.8. The zero-order valence-electron chi connectivity index (χ0n) is 22.1. The Balaban J connectivity index is 0.00000145. The van der Waals surface area contributed by atoms with E-state index < -0.39 is 0 Å². The molecule has 36 heavy (non-hydrogen) atoms. The van der Waals surface area contributed by atoms with Crippen molar-refractivity contribution in [3.8, 4) is 5.75 Å². The van der Waals surface area contributed by atoms with Crippen molar-refractivity contribution in [2.75, 3.05) is 20.7 Å². The fourth-order valence-corrected chi connectivity index (χ4v) is 4.82. The Morgan fingerprint density at radius 2 is 1.83 bits per heavy atom. The summed E-state index contributed by atoms with van der Waals surface area (Å²) in [7, 11) is 3.49. The predicted molar refractivity (Wildman–Crippen MR) is 139 cm³/mol. The van der Waals surface area contributed by atoms with Crippen molar-refractivity contribution in [3.63, 3.8) is 0 Å². The second-order valence-corrected chi connectivity index (χ2v) is 9.57. The van der Waals surface area contributed by atoms with Gasteiger partial charge in [0.25, 0.3) is 6.47 Å². The average molecular weight is 506 g/mol. The molecule has 2 aliphatic rings. The van der Waals surface area contributed by atoms with Crippen LogP contribution in [0.2, 0.25) is 0 Å². The van der Waals surface area contributed by atoms with Crippen LogP contribution >= 0.6 is 0 Å². The van der Waals surface area contributed by atoms with E-state index in [9.17, 15) is 4.79 Å². The summed E-state index contributed by atoms with van der Waals surface area (Å²) in [5, 5.41) is 8.27. The minimum Gasteiger partial charge on any atom is -0.489 e. The van der Waals surface area contributed by atoms with E-state index in [4.69, 9.17) is 31.0 Å². The molecule has 1 heterocycles. The molecule has 0 aromatic carbocycles. The molecule has 1 aromatic heterocycles. The van der Waals surface area contributed by atoms with Crippen molar-refractivity contribution in [1.82, 2.24) is 14.9 Å². The quantitative estimate of drug-likeness (QED) is 0.259. The SMILES string of the molecule is CCC(C1CCC1)N(C)C(=O)OC/C(=C(/N)c1ccc(OC2CCCCC2)c(C)n1)N(C)N.O=CO. The Morgan fingerprint density at radius 3 is 2.33 bits per heavy atom. The summed E-state index contributed by atoms with van der Waals surface area (Å²) in [5.41, 5.74) is 8.67. The number of nitrogens with two attached hydrogens (primary N) is 2. The van der Waals surface area contributed by atoms with Crippen LogP contribution < -0.4 is 16.3 Å². The largest absolute Gasteiger partial charge is 0.489 e. The molecule has 1 atom stereocenters. The van der Waals surface area contributed by atoms with E-state index in [0.29, 0.717) is 23.0 Å². The molecule has 0 bridgehead atoms. The Bertz CT molecular complexity index is 881. The molecular formula is C26H43N5O5. The highest BCUT2D eigenvalue weighted by Crippen LogP contribution is 2.33. The summed E-state index contributed by atoms with van der Waals surface area (Å²) >= 11 is 0. The van der Waals surface area contributed by atoms with Gasteiger partial charge < -0.3 is 30.2 Å². The second-order valence-electron chi connectivity index (χ2n) is 9.57. The number of ether oxygens (including phenoxy) is 2. The monoisotopic (exact) mass is 505 g/mol. The summed E-state index contributed by atoms with van der Waals surface area (Å²) in [5.74, 6) is 7.38. The molecule has 1 amide bonds. The molecule has 10 heteroatoms. The first kappa shape index (κ1) is 29.2. The van der Waals surface area contributed by atoms with Crippen LogP contribution in [-0.2, 0) is 9.53 Å². The maximum Gasteiger partial charge on any atom is 0.410 e. The number of hydrogen-bond donors (Lipinski definition) is 3. The van der Waals surface area contributed by atoms with Crippen molar-refractivity contribution >= 4 is 18.3 Å². The molecule has 2 saturated carbocycles. The van der Waals surface area contributed by atoms with Crippen LogP contribution in [-0.4, -0.2) is 65.4 Å². The van der Waals surface area contributed by atoms with Crippen molar-refractivity contribution in [3.05, 3.63) is 29.2 Å². The standard InChI is InChI=1S/C25H41N5O3.CH2O2/c1-5-21(18-10-9-11-18)29(3)25(31)32-16-22(30(4)27)24(26)20-14-15-23(17(2)28-20)33-19-12-7-6-8-13-19;2-1-3/h14-15,18-19,21H,5-13,16,26-27H2,1-4H3;1H,(H,2,3)/b24-22-;. The summed E-state index contributed by atoms with van der Waals surface area (Å²) in [6.07, 6.45) is 10.3. The van der Waals surface area contributed by atoms with Gasteiger partial charge in [-0.05, 0) is 69.9 Å². The normalized spacial score (nSPS) is 17.5. The van der Waals surface area contributed by atoms with Gasteiger partial charge in [-0.2, -0.15) is 0 Å². The molecule has 0 aliphatic heterocycles. The third-order valence-electron chi connectivity index (χ3n) is 7.13. The Morgan fingerprint density at radius 1 is 1.19 bits per heavy atom. The molecule has 2 aliphatic carbocycles. The van der Waals surface area contributed by atoms with Crippen molar-refractivity contribution < 1.29 is 24.2 Å². The minimum atomic E-state index is -0.360. The summed E-state index contributed by atoms with van der Waals surface area (Å²) < 4.78 is 11.8. The number of hydrogen-bond acceptors (Lipinski definition) is 8. The molecule has 2 fully saturated rings. The summed E-state index contributed by atoms with van der Waals surface area (Å²) in [6.45, 7) is 3.75. The lowest BCUT2D eigenvalue weighted by molar-refractivity contribution is -0.122. The van der Waals surface area contributed by atoms with Crippen LogP contribution in [0.4, 0.5) is 4.79 Å². The van der Waals surface area contributed by atoms with E-state index in [1.807, 2.05) is 26.1 Å². The van der Waals surface area contributed by atoms with Crippen LogP contribution in [0.15, 0.2) is 17.8 Å². The van der Waals surface area contributed by atoms with E-state index in [1.54, 1.807) is 11.9 Å². The summed E-state index contributed by atoms with van der Waals surface area (Å²) in [6, 6.07) is 3.95. The maximum absolute atomic E-state index is 12.7. The number of aryl methyl sites for hydroxylation is 1. The fourth-order valence-electron chi connectivity index (χ4n) is 4.82. The first-order valence-electron chi connectivity index (χ1n) is 12.8. The van der Waals surface area contributed by atoms with Gasteiger partial charge in [0.2, 0.25) is 0 Å². The van der Waals surface area contributed by atoms with E-state index >= 15 is 0 Å². The highest BCUT2D eigenvalue weighted by Gasteiger charge is 2.32. The van der Waals surface area contributed by atoms with Gasteiger partial charge in [-0.25, -0.2) is 15.6 Å². The number of rotatable bonds is 9. The average Bonchev–Trinajstić information content (AvgIpc) is 2.82. The lowest BCUT2D eigenvalue weighted by Gasteiger charge is -2.38. The highest BCUT2D eigenvalue weighted by molar-refractivity contribution is 5.69. The Hall–Kier alpha value is -3.01. The molecule has 1 aromatic rings. The minimum absolute atomic E-state index is 0.0237. The number of nitrogens with zero attached hydrogens (tertiary/aromatic N) is 3. The second kappa shape index (κ2) is 14.5. The fraction of sp³-hybridized carbons (Fsp3) is 0.654. The van der Waals surface area contributed by atoms with E-state index in [-0.39, 0.29) is 31.3 Å². The Kier molecular flexibility index (Phi) is 11.8. The number of aromatic nitrogens is 1. The van der Waals surface area contributed by atoms with Crippen LogP contribution in [0.25, 0.3) is 5.70 Å². The van der Waals surface area contributed by atoms with Gasteiger partial charge in [-0.15, -0.1) is 0 Å². The van der Waals surface area contributed by atoms with Crippen molar-refractivity contribution in [2.24, 2.45) is 17.5 Å². The first-order chi connectivity index (χ1) is 17.2. The smallest absolute Gasteiger partial charge is 0.410 e.